The summed E-state index contributed by atoms with van der Waals surface area (Å²) >= 11 is 1.33. The first-order valence-corrected chi connectivity index (χ1v) is 10.5. The van der Waals surface area contributed by atoms with Gasteiger partial charge in [-0.15, -0.1) is 11.3 Å². The summed E-state index contributed by atoms with van der Waals surface area (Å²) in [4.78, 5) is 29.8. The number of rotatable bonds is 8. The molecule has 0 spiro atoms. The van der Waals surface area contributed by atoms with Crippen molar-refractivity contribution in [1.29, 1.82) is 0 Å². The third kappa shape index (κ3) is 5.21. The molecule has 1 N–H and O–H groups in total. The van der Waals surface area contributed by atoms with E-state index in [-0.39, 0.29) is 12.5 Å². The lowest BCUT2D eigenvalue weighted by atomic mass is 10.1. The number of thiazole rings is 1. The Balaban J connectivity index is 1.72. The molecule has 0 aliphatic heterocycles. The zero-order valence-electron chi connectivity index (χ0n) is 17.9. The fourth-order valence-corrected chi connectivity index (χ4v) is 3.98. The van der Waals surface area contributed by atoms with Gasteiger partial charge in [0, 0.05) is 12.1 Å². The molecular formula is C23H24N2O5S. The Morgan fingerprint density at radius 2 is 1.84 bits per heavy atom. The minimum Gasteiger partial charge on any atom is -0.496 e. The number of amides is 1. The molecule has 2 aromatic carbocycles. The van der Waals surface area contributed by atoms with Gasteiger partial charge in [-0.3, -0.25) is 4.79 Å². The summed E-state index contributed by atoms with van der Waals surface area (Å²) in [5, 5.41) is 3.65. The number of carbonyl (C=O) groups is 2. The van der Waals surface area contributed by atoms with E-state index in [1.54, 1.807) is 18.2 Å². The van der Waals surface area contributed by atoms with Gasteiger partial charge >= 0.3 is 5.97 Å². The molecule has 0 atom stereocenters. The third-order valence-electron chi connectivity index (χ3n) is 4.54. The number of methoxy groups -OCH3 is 2. The van der Waals surface area contributed by atoms with E-state index in [0.717, 1.165) is 21.9 Å². The maximum absolute atomic E-state index is 12.7. The summed E-state index contributed by atoms with van der Waals surface area (Å²) in [7, 11) is 2.79. The minimum absolute atomic E-state index is 0.220. The van der Waals surface area contributed by atoms with Crippen LogP contribution in [0.4, 0.5) is 0 Å². The molecule has 0 saturated heterocycles. The molecule has 1 aromatic heterocycles. The lowest BCUT2D eigenvalue weighted by Gasteiger charge is -2.10. The first-order chi connectivity index (χ1) is 15.0. The monoisotopic (exact) mass is 440 g/mol. The van der Waals surface area contributed by atoms with Crippen LogP contribution >= 0.6 is 11.3 Å². The average Bonchev–Trinajstić information content (AvgIpc) is 3.19. The van der Waals surface area contributed by atoms with E-state index in [4.69, 9.17) is 14.2 Å². The summed E-state index contributed by atoms with van der Waals surface area (Å²) in [6.07, 6.45) is 0. The highest BCUT2D eigenvalue weighted by Crippen LogP contribution is 2.29. The minimum atomic E-state index is -0.497. The molecule has 31 heavy (non-hydrogen) atoms. The van der Waals surface area contributed by atoms with E-state index in [0.29, 0.717) is 28.5 Å². The van der Waals surface area contributed by atoms with Gasteiger partial charge in [-0.1, -0.05) is 6.07 Å². The van der Waals surface area contributed by atoms with Gasteiger partial charge in [0.05, 0.1) is 26.5 Å². The highest BCUT2D eigenvalue weighted by atomic mass is 32.1. The van der Waals surface area contributed by atoms with Crippen molar-refractivity contribution in [2.45, 2.75) is 20.4 Å². The molecule has 0 radical (unpaired) electrons. The normalized spacial score (nSPS) is 10.5. The summed E-state index contributed by atoms with van der Waals surface area (Å²) in [5.41, 5.74) is 2.65. The molecule has 0 bridgehead atoms. The Kier molecular flexibility index (Phi) is 7.25. The summed E-state index contributed by atoms with van der Waals surface area (Å²) in [6.45, 7) is 4.61. The number of benzene rings is 2. The van der Waals surface area contributed by atoms with Crippen molar-refractivity contribution in [3.63, 3.8) is 0 Å². The van der Waals surface area contributed by atoms with Crippen LogP contribution in [0.3, 0.4) is 0 Å². The number of ether oxygens (including phenoxy) is 3. The predicted octanol–water partition coefficient (Wildman–Crippen LogP) is 4.24. The smallest absolute Gasteiger partial charge is 0.341 e. The molecule has 3 aromatic rings. The Labute approximate surface area is 185 Å². The summed E-state index contributed by atoms with van der Waals surface area (Å²) in [6, 6.07) is 12.7. The molecule has 0 saturated carbocycles. The molecule has 1 amide bonds. The first-order valence-electron chi connectivity index (χ1n) is 9.70. The number of nitrogens with zero attached hydrogens (tertiary/aromatic N) is 1. The molecule has 0 fully saturated rings. The van der Waals surface area contributed by atoms with Crippen molar-refractivity contribution in [2.24, 2.45) is 0 Å². The van der Waals surface area contributed by atoms with Crippen molar-refractivity contribution >= 4 is 23.2 Å². The Morgan fingerprint density at radius 3 is 2.48 bits per heavy atom. The van der Waals surface area contributed by atoms with Gasteiger partial charge in [0.15, 0.2) is 0 Å². The van der Waals surface area contributed by atoms with Crippen LogP contribution in [0.1, 0.15) is 38.2 Å². The van der Waals surface area contributed by atoms with E-state index < -0.39 is 5.97 Å². The van der Waals surface area contributed by atoms with Gasteiger partial charge in [0.1, 0.15) is 26.9 Å². The van der Waals surface area contributed by atoms with Gasteiger partial charge < -0.3 is 19.5 Å². The Morgan fingerprint density at radius 1 is 1.10 bits per heavy atom. The van der Waals surface area contributed by atoms with E-state index in [2.05, 4.69) is 10.3 Å². The highest BCUT2D eigenvalue weighted by Gasteiger charge is 2.17. The van der Waals surface area contributed by atoms with Crippen molar-refractivity contribution < 1.29 is 23.8 Å². The second-order valence-electron chi connectivity index (χ2n) is 6.60. The van der Waals surface area contributed by atoms with Gasteiger partial charge in [-0.2, -0.15) is 0 Å². The fraction of sp³-hybridized carbons (Fsp3) is 0.261. The van der Waals surface area contributed by atoms with Crippen LogP contribution in [0.5, 0.6) is 11.5 Å². The number of carbonyl (C=O) groups excluding carboxylic acids is 2. The molecule has 8 heteroatoms. The molecule has 162 valence electrons. The second kappa shape index (κ2) is 10.1. The predicted molar refractivity (Wildman–Crippen MR) is 119 cm³/mol. The highest BCUT2D eigenvalue weighted by molar-refractivity contribution is 7.17. The zero-order valence-corrected chi connectivity index (χ0v) is 18.7. The summed E-state index contributed by atoms with van der Waals surface area (Å²) in [5.74, 6) is 0.495. The van der Waals surface area contributed by atoms with E-state index >= 15 is 0 Å². The van der Waals surface area contributed by atoms with Gasteiger partial charge in [-0.25, -0.2) is 9.78 Å². The van der Waals surface area contributed by atoms with Gasteiger partial charge in [0.2, 0.25) is 0 Å². The third-order valence-corrected chi connectivity index (χ3v) is 5.74. The fourth-order valence-electron chi connectivity index (χ4n) is 2.99. The van der Waals surface area contributed by atoms with E-state index in [9.17, 15) is 9.59 Å². The summed E-state index contributed by atoms with van der Waals surface area (Å²) < 4.78 is 15.5. The van der Waals surface area contributed by atoms with Crippen molar-refractivity contribution in [2.75, 3.05) is 20.8 Å². The largest absolute Gasteiger partial charge is 0.496 e. The SMILES string of the molecule is CCOc1ccc(-c2nc(C)c(C(=O)NCc3ccc(OC)c(C(=O)OC)c3)s2)cc1. The number of aryl methyl sites for hydroxylation is 1. The van der Waals surface area contributed by atoms with E-state index in [1.165, 1.54) is 25.6 Å². The number of hydrogen-bond acceptors (Lipinski definition) is 7. The van der Waals surface area contributed by atoms with Crippen LogP contribution in [0.2, 0.25) is 0 Å². The van der Waals surface area contributed by atoms with Crippen LogP contribution in [0.25, 0.3) is 10.6 Å². The van der Waals surface area contributed by atoms with Gasteiger partial charge in [0.25, 0.3) is 5.91 Å². The van der Waals surface area contributed by atoms with Crippen molar-refractivity contribution in [3.05, 3.63) is 64.2 Å². The van der Waals surface area contributed by atoms with Crippen molar-refractivity contribution in [1.82, 2.24) is 10.3 Å². The van der Waals surface area contributed by atoms with Crippen LogP contribution in [0.15, 0.2) is 42.5 Å². The molecule has 1 heterocycles. The first kappa shape index (κ1) is 22.3. The van der Waals surface area contributed by atoms with Crippen LogP contribution in [-0.4, -0.2) is 37.7 Å². The standard InChI is InChI=1S/C23H24N2O5S/c1-5-30-17-9-7-16(8-10-17)22-25-14(2)20(31-22)21(26)24-13-15-6-11-19(28-3)18(12-15)23(27)29-4/h6-12H,5,13H2,1-4H3,(H,24,26). The van der Waals surface area contributed by atoms with Gasteiger partial charge in [-0.05, 0) is 55.8 Å². The number of esters is 1. The molecule has 0 aliphatic carbocycles. The Hall–Kier alpha value is -3.39. The van der Waals surface area contributed by atoms with E-state index in [1.807, 2.05) is 38.1 Å². The molecule has 0 unspecified atom stereocenters. The lowest BCUT2D eigenvalue weighted by Crippen LogP contribution is -2.22. The Bertz CT molecular complexity index is 1080. The molecular weight excluding hydrogens is 416 g/mol. The number of nitrogens with one attached hydrogen (secondary N) is 1. The van der Waals surface area contributed by atoms with Crippen LogP contribution < -0.4 is 14.8 Å². The van der Waals surface area contributed by atoms with Crippen LogP contribution in [0, 0.1) is 6.92 Å². The van der Waals surface area contributed by atoms with Crippen molar-refractivity contribution in [3.8, 4) is 22.1 Å². The molecule has 0 aliphatic rings. The quantitative estimate of drug-likeness (QED) is 0.527. The number of aromatic nitrogens is 1. The molecule has 3 rings (SSSR count). The lowest BCUT2D eigenvalue weighted by molar-refractivity contribution is 0.0597. The maximum atomic E-state index is 12.7. The number of hydrogen-bond donors (Lipinski definition) is 1. The molecule has 7 nitrogen and oxygen atoms in total. The topological polar surface area (TPSA) is 86.8 Å². The zero-order chi connectivity index (χ0) is 22.4. The van der Waals surface area contributed by atoms with Crippen LogP contribution in [-0.2, 0) is 11.3 Å². The second-order valence-corrected chi connectivity index (χ2v) is 7.60. The average molecular weight is 441 g/mol. The maximum Gasteiger partial charge on any atom is 0.341 e.